The Morgan fingerprint density at radius 1 is 1.47 bits per heavy atom. The Labute approximate surface area is 91.4 Å². The van der Waals surface area contributed by atoms with Gasteiger partial charge in [0, 0.05) is 12.0 Å². The van der Waals surface area contributed by atoms with Crippen molar-refractivity contribution in [2.45, 2.75) is 46.0 Å². The first-order valence-corrected chi connectivity index (χ1v) is 6.00. The SMILES string of the molecule is CC[C@@H]1CCC2=C(CO)C(=O)CC[C@]21C. The number of fused-ring (bicyclic) bond motifs is 1. The van der Waals surface area contributed by atoms with Crippen LogP contribution in [-0.2, 0) is 4.79 Å². The van der Waals surface area contributed by atoms with Crippen molar-refractivity contribution in [3.8, 4) is 0 Å². The van der Waals surface area contributed by atoms with E-state index < -0.39 is 0 Å². The fourth-order valence-electron chi connectivity index (χ4n) is 3.55. The molecule has 0 aromatic rings. The second kappa shape index (κ2) is 3.75. The summed E-state index contributed by atoms with van der Waals surface area (Å²) in [5.41, 5.74) is 2.22. The smallest absolute Gasteiger partial charge is 0.161 e. The Bertz CT molecular complexity index is 316. The van der Waals surface area contributed by atoms with Crippen LogP contribution >= 0.6 is 0 Å². The van der Waals surface area contributed by atoms with Gasteiger partial charge in [-0.05, 0) is 30.6 Å². The molecule has 0 aromatic carbocycles. The molecule has 0 spiro atoms. The number of hydrogen-bond donors (Lipinski definition) is 1. The van der Waals surface area contributed by atoms with Gasteiger partial charge in [-0.2, -0.15) is 0 Å². The number of aliphatic hydroxyl groups excluding tert-OH is 1. The molecule has 1 N–H and O–H groups in total. The van der Waals surface area contributed by atoms with Crippen LogP contribution < -0.4 is 0 Å². The monoisotopic (exact) mass is 208 g/mol. The van der Waals surface area contributed by atoms with Crippen molar-refractivity contribution in [3.05, 3.63) is 11.1 Å². The van der Waals surface area contributed by atoms with Crippen LogP contribution in [0.5, 0.6) is 0 Å². The summed E-state index contributed by atoms with van der Waals surface area (Å²) in [6.07, 6.45) is 5.03. The first kappa shape index (κ1) is 10.9. The van der Waals surface area contributed by atoms with E-state index in [1.165, 1.54) is 18.4 Å². The van der Waals surface area contributed by atoms with Crippen molar-refractivity contribution < 1.29 is 9.90 Å². The molecule has 0 heterocycles. The maximum atomic E-state index is 11.7. The van der Waals surface area contributed by atoms with Crippen LogP contribution in [-0.4, -0.2) is 17.5 Å². The molecule has 0 unspecified atom stereocenters. The highest BCUT2D eigenvalue weighted by Crippen LogP contribution is 2.55. The molecule has 2 aliphatic carbocycles. The zero-order valence-electron chi connectivity index (χ0n) is 9.68. The van der Waals surface area contributed by atoms with Crippen molar-refractivity contribution in [2.24, 2.45) is 11.3 Å². The number of carbonyl (C=O) groups excluding carboxylic acids is 1. The Hall–Kier alpha value is -0.630. The summed E-state index contributed by atoms with van der Waals surface area (Å²) >= 11 is 0. The number of ketones is 1. The number of carbonyl (C=O) groups is 1. The van der Waals surface area contributed by atoms with Gasteiger partial charge in [-0.25, -0.2) is 0 Å². The zero-order chi connectivity index (χ0) is 11.1. The summed E-state index contributed by atoms with van der Waals surface area (Å²) in [5.74, 6) is 0.892. The minimum atomic E-state index is -0.0554. The first-order valence-electron chi connectivity index (χ1n) is 6.00. The second-order valence-corrected chi connectivity index (χ2v) is 5.10. The van der Waals surface area contributed by atoms with Gasteiger partial charge in [0.25, 0.3) is 0 Å². The summed E-state index contributed by atoms with van der Waals surface area (Å²) in [6.45, 7) is 4.46. The minimum absolute atomic E-state index is 0.0554. The molecule has 84 valence electrons. The molecule has 0 amide bonds. The molecule has 2 heteroatoms. The normalized spacial score (nSPS) is 35.9. The van der Waals surface area contributed by atoms with E-state index in [0.29, 0.717) is 12.3 Å². The summed E-state index contributed by atoms with van der Waals surface area (Å²) in [6, 6.07) is 0. The Morgan fingerprint density at radius 2 is 2.20 bits per heavy atom. The van der Waals surface area contributed by atoms with Crippen LogP contribution in [0.25, 0.3) is 0 Å². The molecule has 1 saturated carbocycles. The quantitative estimate of drug-likeness (QED) is 0.757. The van der Waals surface area contributed by atoms with Gasteiger partial charge in [0.05, 0.1) is 6.61 Å². The van der Waals surface area contributed by atoms with Gasteiger partial charge < -0.3 is 5.11 Å². The third kappa shape index (κ3) is 1.46. The van der Waals surface area contributed by atoms with E-state index in [-0.39, 0.29) is 17.8 Å². The molecule has 2 aliphatic rings. The molecule has 1 fully saturated rings. The largest absolute Gasteiger partial charge is 0.392 e. The van der Waals surface area contributed by atoms with Crippen molar-refractivity contribution in [1.29, 1.82) is 0 Å². The second-order valence-electron chi connectivity index (χ2n) is 5.10. The fourth-order valence-corrected chi connectivity index (χ4v) is 3.55. The third-order valence-corrected chi connectivity index (χ3v) is 4.56. The van der Waals surface area contributed by atoms with Crippen molar-refractivity contribution >= 4 is 5.78 Å². The summed E-state index contributed by atoms with van der Waals surface area (Å²) in [7, 11) is 0. The van der Waals surface area contributed by atoms with Crippen LogP contribution in [0.1, 0.15) is 46.0 Å². The topological polar surface area (TPSA) is 37.3 Å². The van der Waals surface area contributed by atoms with Gasteiger partial charge in [-0.15, -0.1) is 0 Å². The molecule has 0 aromatic heterocycles. The maximum absolute atomic E-state index is 11.7. The Morgan fingerprint density at radius 3 is 2.80 bits per heavy atom. The maximum Gasteiger partial charge on any atom is 0.161 e. The average molecular weight is 208 g/mol. The van der Waals surface area contributed by atoms with Crippen LogP contribution in [0.15, 0.2) is 11.1 Å². The van der Waals surface area contributed by atoms with Gasteiger partial charge >= 0.3 is 0 Å². The van der Waals surface area contributed by atoms with E-state index in [9.17, 15) is 9.90 Å². The molecule has 0 radical (unpaired) electrons. The van der Waals surface area contributed by atoms with Crippen molar-refractivity contribution in [2.75, 3.05) is 6.61 Å². The van der Waals surface area contributed by atoms with Crippen LogP contribution in [0.2, 0.25) is 0 Å². The van der Waals surface area contributed by atoms with E-state index >= 15 is 0 Å². The lowest BCUT2D eigenvalue weighted by atomic mass is 9.67. The lowest BCUT2D eigenvalue weighted by Gasteiger charge is -2.37. The molecule has 2 atom stereocenters. The average Bonchev–Trinajstić information content (AvgIpc) is 2.56. The predicted octanol–water partition coefficient (Wildman–Crippen LogP) is 2.46. The minimum Gasteiger partial charge on any atom is -0.392 e. The number of rotatable bonds is 2. The molecule has 2 nitrogen and oxygen atoms in total. The van der Waals surface area contributed by atoms with Gasteiger partial charge in [-0.1, -0.05) is 25.8 Å². The predicted molar refractivity (Wildman–Crippen MR) is 59.5 cm³/mol. The molecule has 0 saturated heterocycles. The first-order chi connectivity index (χ1) is 7.13. The standard InChI is InChI=1S/C13H20O2/c1-3-9-4-5-11-10(8-14)12(15)6-7-13(9,11)2/h9,14H,3-8H2,1-2H3/t9-,13+/m1/s1. The molecular weight excluding hydrogens is 188 g/mol. The third-order valence-electron chi connectivity index (χ3n) is 4.56. The van der Waals surface area contributed by atoms with Crippen LogP contribution in [0.4, 0.5) is 0 Å². The van der Waals surface area contributed by atoms with Gasteiger partial charge in [0.1, 0.15) is 0 Å². The van der Waals surface area contributed by atoms with Gasteiger partial charge in [-0.3, -0.25) is 4.79 Å². The van der Waals surface area contributed by atoms with Crippen molar-refractivity contribution in [3.63, 3.8) is 0 Å². The molecule has 15 heavy (non-hydrogen) atoms. The van der Waals surface area contributed by atoms with E-state index in [4.69, 9.17) is 0 Å². The van der Waals surface area contributed by atoms with Crippen LogP contribution in [0.3, 0.4) is 0 Å². The van der Waals surface area contributed by atoms with E-state index in [1.54, 1.807) is 0 Å². The zero-order valence-corrected chi connectivity index (χ0v) is 9.68. The molecule has 0 aliphatic heterocycles. The molecule has 2 rings (SSSR count). The highest BCUT2D eigenvalue weighted by Gasteiger charge is 2.46. The summed E-state index contributed by atoms with van der Waals surface area (Å²) < 4.78 is 0. The van der Waals surface area contributed by atoms with E-state index in [2.05, 4.69) is 13.8 Å². The number of Topliss-reactive ketones (excluding diaryl/α,β-unsaturated/α-hetero) is 1. The molecule has 0 bridgehead atoms. The Balaban J connectivity index is 2.43. The van der Waals surface area contributed by atoms with Crippen molar-refractivity contribution in [1.82, 2.24) is 0 Å². The lowest BCUT2D eigenvalue weighted by Crippen LogP contribution is -2.31. The van der Waals surface area contributed by atoms with Crippen LogP contribution in [0, 0.1) is 11.3 Å². The highest BCUT2D eigenvalue weighted by molar-refractivity contribution is 5.97. The fraction of sp³-hybridized carbons (Fsp3) is 0.769. The molecular formula is C13H20O2. The number of allylic oxidation sites excluding steroid dienone is 1. The summed E-state index contributed by atoms with van der Waals surface area (Å²) in [4.78, 5) is 11.7. The lowest BCUT2D eigenvalue weighted by molar-refractivity contribution is -0.117. The highest BCUT2D eigenvalue weighted by atomic mass is 16.3. The Kier molecular flexibility index (Phi) is 2.72. The van der Waals surface area contributed by atoms with E-state index in [1.807, 2.05) is 0 Å². The van der Waals surface area contributed by atoms with Gasteiger partial charge in [0.15, 0.2) is 5.78 Å². The van der Waals surface area contributed by atoms with E-state index in [0.717, 1.165) is 18.4 Å². The summed E-state index contributed by atoms with van der Waals surface area (Å²) in [5, 5.41) is 9.30. The number of hydrogen-bond acceptors (Lipinski definition) is 2. The number of aliphatic hydroxyl groups is 1. The van der Waals surface area contributed by atoms with Gasteiger partial charge in [0.2, 0.25) is 0 Å².